The molecule has 20 heavy (non-hydrogen) atoms. The maximum absolute atomic E-state index is 9.69. The molecule has 2 unspecified atom stereocenters. The lowest BCUT2D eigenvalue weighted by atomic mass is 10.1. The van der Waals surface area contributed by atoms with E-state index in [1.807, 2.05) is 0 Å². The number of hydrogen-bond acceptors (Lipinski definition) is 2. The molecule has 1 saturated carbocycles. The number of rotatable bonds is 9. The quantitative estimate of drug-likeness (QED) is 0.242. The molecule has 1 rings (SSSR count). The fraction of sp³-hybridized carbons (Fsp3) is 0.933. The van der Waals surface area contributed by atoms with Gasteiger partial charge < -0.3 is 16.2 Å². The minimum Gasteiger partial charge on any atom is -0.393 e. The fourth-order valence-electron chi connectivity index (χ4n) is 2.62. The van der Waals surface area contributed by atoms with E-state index in [4.69, 9.17) is 5.73 Å². The van der Waals surface area contributed by atoms with Crippen LogP contribution in [0.3, 0.4) is 0 Å². The van der Waals surface area contributed by atoms with Gasteiger partial charge in [0.1, 0.15) is 0 Å². The van der Waals surface area contributed by atoms with Crippen LogP contribution >= 0.6 is 24.0 Å². The van der Waals surface area contributed by atoms with Gasteiger partial charge in [-0.3, -0.25) is 4.99 Å². The highest BCUT2D eigenvalue weighted by atomic mass is 127. The van der Waals surface area contributed by atoms with Gasteiger partial charge in [-0.05, 0) is 19.3 Å². The second-order valence-electron chi connectivity index (χ2n) is 5.68. The van der Waals surface area contributed by atoms with Crippen molar-refractivity contribution in [3.05, 3.63) is 0 Å². The van der Waals surface area contributed by atoms with E-state index in [1.54, 1.807) is 0 Å². The summed E-state index contributed by atoms with van der Waals surface area (Å²) in [5, 5.41) is 12.8. The Kier molecular flexibility index (Phi) is 12.7. The predicted octanol–water partition coefficient (Wildman–Crippen LogP) is 3.03. The van der Waals surface area contributed by atoms with E-state index in [-0.39, 0.29) is 30.1 Å². The van der Waals surface area contributed by atoms with Crippen LogP contribution in [0.15, 0.2) is 4.99 Å². The number of unbranched alkanes of at least 4 members (excludes halogenated alkanes) is 5. The van der Waals surface area contributed by atoms with Crippen molar-refractivity contribution in [3.8, 4) is 0 Å². The molecular weight excluding hydrogens is 365 g/mol. The number of hydrogen-bond donors (Lipinski definition) is 3. The van der Waals surface area contributed by atoms with E-state index in [9.17, 15) is 5.11 Å². The number of aliphatic imine (C=N–C) groups is 1. The standard InChI is InChI=1S/C15H31N3O.HI/c1-2-3-4-5-6-7-11-17-15(16)18-12-13-9-8-10-14(13)19;/h13-14,19H,2-12H2,1H3,(H3,16,17,18);1H. The summed E-state index contributed by atoms with van der Waals surface area (Å²) < 4.78 is 0. The first kappa shape index (κ1) is 20.0. The van der Waals surface area contributed by atoms with E-state index in [2.05, 4.69) is 17.2 Å². The van der Waals surface area contributed by atoms with Gasteiger partial charge in [-0.1, -0.05) is 45.4 Å². The molecule has 0 aromatic heterocycles. The van der Waals surface area contributed by atoms with Gasteiger partial charge >= 0.3 is 0 Å². The summed E-state index contributed by atoms with van der Waals surface area (Å²) in [6, 6.07) is 0. The molecule has 0 aliphatic heterocycles. The van der Waals surface area contributed by atoms with Crippen LogP contribution in [-0.4, -0.2) is 30.3 Å². The number of nitrogens with zero attached hydrogens (tertiary/aromatic N) is 1. The van der Waals surface area contributed by atoms with E-state index < -0.39 is 0 Å². The zero-order valence-corrected chi connectivity index (χ0v) is 15.1. The molecule has 0 bridgehead atoms. The minimum absolute atomic E-state index is 0. The number of halogens is 1. The first-order chi connectivity index (χ1) is 9.24. The lowest BCUT2D eigenvalue weighted by Gasteiger charge is -2.12. The van der Waals surface area contributed by atoms with Gasteiger partial charge in [0.25, 0.3) is 0 Å². The molecule has 4 nitrogen and oxygen atoms in total. The summed E-state index contributed by atoms with van der Waals surface area (Å²) in [7, 11) is 0. The van der Waals surface area contributed by atoms with Crippen molar-refractivity contribution in [1.29, 1.82) is 0 Å². The molecule has 4 N–H and O–H groups in total. The van der Waals surface area contributed by atoms with Gasteiger partial charge in [0.05, 0.1) is 6.10 Å². The largest absolute Gasteiger partial charge is 0.393 e. The Morgan fingerprint density at radius 1 is 1.20 bits per heavy atom. The summed E-state index contributed by atoms with van der Waals surface area (Å²) in [6.07, 6.45) is 10.7. The average molecular weight is 397 g/mol. The number of nitrogens with two attached hydrogens (primary N) is 1. The van der Waals surface area contributed by atoms with Crippen molar-refractivity contribution < 1.29 is 5.11 Å². The number of nitrogens with one attached hydrogen (secondary N) is 1. The van der Waals surface area contributed by atoms with Gasteiger partial charge in [0.15, 0.2) is 5.96 Å². The molecule has 1 fully saturated rings. The summed E-state index contributed by atoms with van der Waals surface area (Å²) in [5.41, 5.74) is 5.82. The van der Waals surface area contributed by atoms with Gasteiger partial charge in [0, 0.05) is 19.0 Å². The molecule has 1 aliphatic carbocycles. The first-order valence-electron chi connectivity index (χ1n) is 7.96. The molecule has 0 radical (unpaired) electrons. The predicted molar refractivity (Wildman–Crippen MR) is 96.6 cm³/mol. The van der Waals surface area contributed by atoms with E-state index in [1.165, 1.54) is 32.1 Å². The molecule has 1 aliphatic rings. The van der Waals surface area contributed by atoms with Gasteiger partial charge in [0.2, 0.25) is 0 Å². The zero-order chi connectivity index (χ0) is 13.9. The molecule has 0 spiro atoms. The van der Waals surface area contributed by atoms with Crippen molar-refractivity contribution in [1.82, 2.24) is 5.32 Å². The summed E-state index contributed by atoms with van der Waals surface area (Å²) >= 11 is 0. The van der Waals surface area contributed by atoms with Gasteiger partial charge in [-0.2, -0.15) is 0 Å². The van der Waals surface area contributed by atoms with Crippen molar-refractivity contribution in [2.24, 2.45) is 16.6 Å². The number of guanidine groups is 1. The zero-order valence-electron chi connectivity index (χ0n) is 12.8. The van der Waals surface area contributed by atoms with Crippen LogP contribution in [0, 0.1) is 5.92 Å². The summed E-state index contributed by atoms with van der Waals surface area (Å²) in [5.74, 6) is 0.849. The van der Waals surface area contributed by atoms with E-state index in [0.717, 1.165) is 32.2 Å². The highest BCUT2D eigenvalue weighted by Crippen LogP contribution is 2.25. The third kappa shape index (κ3) is 9.00. The van der Waals surface area contributed by atoms with Crippen LogP contribution < -0.4 is 11.1 Å². The van der Waals surface area contributed by atoms with Crippen molar-refractivity contribution in [3.63, 3.8) is 0 Å². The minimum atomic E-state index is -0.171. The Morgan fingerprint density at radius 2 is 1.90 bits per heavy atom. The van der Waals surface area contributed by atoms with Crippen LogP contribution in [0.1, 0.15) is 64.7 Å². The lowest BCUT2D eigenvalue weighted by Crippen LogP contribution is -2.33. The van der Waals surface area contributed by atoms with Crippen LogP contribution in [0.5, 0.6) is 0 Å². The fourth-order valence-corrected chi connectivity index (χ4v) is 2.62. The molecule has 0 amide bonds. The monoisotopic (exact) mass is 397 g/mol. The Hall–Kier alpha value is -0.0400. The molecule has 2 atom stereocenters. The smallest absolute Gasteiger partial charge is 0.188 e. The van der Waals surface area contributed by atoms with E-state index in [0.29, 0.717) is 18.4 Å². The molecule has 0 heterocycles. The average Bonchev–Trinajstić information content (AvgIpc) is 2.81. The molecular formula is C15H32IN3O. The Bertz CT molecular complexity index is 262. The Balaban J connectivity index is 0.00000361. The molecule has 120 valence electrons. The van der Waals surface area contributed by atoms with E-state index >= 15 is 0 Å². The Morgan fingerprint density at radius 3 is 2.55 bits per heavy atom. The SMILES string of the molecule is CCCCCCCCNC(N)=NCC1CCCC1O.I. The Labute approximate surface area is 141 Å². The first-order valence-corrected chi connectivity index (χ1v) is 7.96. The molecule has 5 heteroatoms. The van der Waals surface area contributed by atoms with Gasteiger partial charge in [-0.25, -0.2) is 0 Å². The summed E-state index contributed by atoms with van der Waals surface area (Å²) in [6.45, 7) is 3.81. The third-order valence-electron chi connectivity index (χ3n) is 3.95. The second-order valence-corrected chi connectivity index (χ2v) is 5.68. The normalized spacial score (nSPS) is 22.6. The number of aliphatic hydroxyl groups excluding tert-OH is 1. The third-order valence-corrected chi connectivity index (χ3v) is 3.95. The highest BCUT2D eigenvalue weighted by molar-refractivity contribution is 14.0. The van der Waals surface area contributed by atoms with Gasteiger partial charge in [-0.15, -0.1) is 24.0 Å². The van der Waals surface area contributed by atoms with Crippen LogP contribution in [0.25, 0.3) is 0 Å². The summed E-state index contributed by atoms with van der Waals surface area (Å²) in [4.78, 5) is 4.33. The van der Waals surface area contributed by atoms with Crippen LogP contribution in [-0.2, 0) is 0 Å². The highest BCUT2D eigenvalue weighted by Gasteiger charge is 2.24. The lowest BCUT2D eigenvalue weighted by molar-refractivity contribution is 0.136. The molecule has 0 aromatic carbocycles. The van der Waals surface area contributed by atoms with Crippen molar-refractivity contribution in [2.45, 2.75) is 70.8 Å². The maximum Gasteiger partial charge on any atom is 0.188 e. The van der Waals surface area contributed by atoms with Crippen LogP contribution in [0.2, 0.25) is 0 Å². The van der Waals surface area contributed by atoms with Crippen molar-refractivity contribution >= 4 is 29.9 Å². The molecule has 0 aromatic rings. The second kappa shape index (κ2) is 12.7. The van der Waals surface area contributed by atoms with Crippen LogP contribution in [0.4, 0.5) is 0 Å². The van der Waals surface area contributed by atoms with Crippen molar-refractivity contribution in [2.75, 3.05) is 13.1 Å². The maximum atomic E-state index is 9.69. The number of aliphatic hydroxyl groups is 1. The topological polar surface area (TPSA) is 70.6 Å². The molecule has 0 saturated heterocycles.